The number of primary amides is 1. The summed E-state index contributed by atoms with van der Waals surface area (Å²) in [5.74, 6) is -0.626. The number of H-pyrrole nitrogens is 1. The van der Waals surface area contributed by atoms with Gasteiger partial charge in [-0.15, -0.1) is 11.3 Å². The van der Waals surface area contributed by atoms with Crippen molar-refractivity contribution in [2.45, 2.75) is 12.8 Å². The summed E-state index contributed by atoms with van der Waals surface area (Å²) in [6, 6.07) is 1.46. The number of aromatic nitrogens is 3. The highest BCUT2D eigenvalue weighted by Gasteiger charge is 2.17. The molecule has 0 fully saturated rings. The van der Waals surface area contributed by atoms with Crippen molar-refractivity contribution in [2.24, 2.45) is 5.73 Å². The van der Waals surface area contributed by atoms with Gasteiger partial charge in [-0.05, 0) is 18.9 Å². The van der Waals surface area contributed by atoms with Gasteiger partial charge < -0.3 is 21.2 Å². The van der Waals surface area contributed by atoms with E-state index in [1.54, 1.807) is 13.3 Å². The lowest BCUT2D eigenvalue weighted by molar-refractivity contribution is 0.1000. The van der Waals surface area contributed by atoms with Crippen molar-refractivity contribution in [1.29, 1.82) is 0 Å². The molecular weight excluding hydrogens is 342 g/mol. The van der Waals surface area contributed by atoms with Crippen molar-refractivity contribution in [1.82, 2.24) is 15.0 Å². The maximum atomic E-state index is 12.5. The Balaban J connectivity index is 2.03. The monoisotopic (exact) mass is 359 g/mol. The normalized spacial score (nSPS) is 11.1. The molecule has 0 spiro atoms. The van der Waals surface area contributed by atoms with Gasteiger partial charge in [0.15, 0.2) is 0 Å². The fourth-order valence-electron chi connectivity index (χ4n) is 2.48. The number of carbonyl (C=O) groups is 1. The number of hydrogen-bond acceptors (Lipinski definition) is 7. The van der Waals surface area contributed by atoms with Gasteiger partial charge in [0.25, 0.3) is 5.56 Å². The molecule has 3 aromatic heterocycles. The van der Waals surface area contributed by atoms with Crippen LogP contribution in [0.4, 0.5) is 5.69 Å². The number of aromatic amines is 1. The number of nitrogens with zero attached hydrogens (tertiary/aromatic N) is 2. The molecule has 0 bridgehead atoms. The molecule has 130 valence electrons. The molecule has 0 saturated heterocycles. The number of pyridine rings is 2. The number of nitrogens with two attached hydrogens (primary N) is 2. The predicted octanol–water partition coefficient (Wildman–Crippen LogP) is 1.31. The second-order valence-corrected chi connectivity index (χ2v) is 6.57. The zero-order valence-corrected chi connectivity index (χ0v) is 14.4. The van der Waals surface area contributed by atoms with Gasteiger partial charge >= 0.3 is 0 Å². The number of methoxy groups -OCH3 is 1. The average Bonchev–Trinajstić information content (AvgIpc) is 3.03. The van der Waals surface area contributed by atoms with Gasteiger partial charge in [-0.2, -0.15) is 0 Å². The van der Waals surface area contributed by atoms with Crippen LogP contribution in [0.25, 0.3) is 21.6 Å². The third kappa shape index (κ3) is 3.37. The average molecular weight is 359 g/mol. The van der Waals surface area contributed by atoms with Gasteiger partial charge in [-0.3, -0.25) is 14.6 Å². The summed E-state index contributed by atoms with van der Waals surface area (Å²) in [4.78, 5) is 35.9. The maximum Gasteiger partial charge on any atom is 0.260 e. The highest BCUT2D eigenvalue weighted by Crippen LogP contribution is 2.30. The lowest BCUT2D eigenvalue weighted by atomic mass is 10.1. The quantitative estimate of drug-likeness (QED) is 0.567. The van der Waals surface area contributed by atoms with Crippen molar-refractivity contribution in [2.75, 3.05) is 19.5 Å². The van der Waals surface area contributed by atoms with Crippen LogP contribution in [-0.2, 0) is 11.2 Å². The van der Waals surface area contributed by atoms with Gasteiger partial charge in [0, 0.05) is 31.0 Å². The largest absolute Gasteiger partial charge is 0.396 e. The molecule has 0 aliphatic rings. The minimum Gasteiger partial charge on any atom is -0.396 e. The van der Waals surface area contributed by atoms with Crippen molar-refractivity contribution >= 4 is 34.0 Å². The second kappa shape index (κ2) is 6.99. The Bertz CT molecular complexity index is 995. The Labute approximate surface area is 146 Å². The molecule has 1 amide bonds. The molecule has 9 heteroatoms. The molecule has 25 heavy (non-hydrogen) atoms. The van der Waals surface area contributed by atoms with Gasteiger partial charge in [0.05, 0.1) is 16.8 Å². The topological polar surface area (TPSA) is 137 Å². The molecule has 8 nitrogen and oxygen atoms in total. The first-order valence-electron chi connectivity index (χ1n) is 7.56. The standard InChI is InChI=1S/C16H17N5O3S/c1-24-4-2-3-9-7-20-16(25-9)11-12(17)13-10(21-15(11)23)5-8(6-19-13)14(18)22/h5-7H,2-4H2,1H3,(H2,18,22)(H3,17,21,23). The molecule has 5 N–H and O–H groups in total. The highest BCUT2D eigenvalue weighted by atomic mass is 32.1. The maximum absolute atomic E-state index is 12.5. The van der Waals surface area contributed by atoms with E-state index in [1.807, 2.05) is 0 Å². The van der Waals surface area contributed by atoms with Crippen LogP contribution in [0, 0.1) is 0 Å². The van der Waals surface area contributed by atoms with Crippen molar-refractivity contribution in [3.8, 4) is 10.6 Å². The predicted molar refractivity (Wildman–Crippen MR) is 96.6 cm³/mol. The zero-order chi connectivity index (χ0) is 18.0. The Morgan fingerprint density at radius 1 is 1.36 bits per heavy atom. The van der Waals surface area contributed by atoms with E-state index in [1.165, 1.54) is 23.6 Å². The van der Waals surface area contributed by atoms with Crippen LogP contribution in [0.1, 0.15) is 21.7 Å². The van der Waals surface area contributed by atoms with Gasteiger partial charge in [-0.1, -0.05) is 0 Å². The molecule has 0 aliphatic carbocycles. The van der Waals surface area contributed by atoms with Gasteiger partial charge in [-0.25, -0.2) is 4.98 Å². The first kappa shape index (κ1) is 17.1. The van der Waals surface area contributed by atoms with E-state index < -0.39 is 5.91 Å². The van der Waals surface area contributed by atoms with E-state index in [0.29, 0.717) is 22.6 Å². The smallest absolute Gasteiger partial charge is 0.260 e. The number of nitrogens with one attached hydrogen (secondary N) is 1. The van der Waals surface area contributed by atoms with Crippen LogP contribution in [-0.4, -0.2) is 34.6 Å². The molecule has 0 saturated carbocycles. The molecule has 3 rings (SSSR count). The Morgan fingerprint density at radius 2 is 2.16 bits per heavy atom. The van der Waals surface area contributed by atoms with Crippen LogP contribution in [0.2, 0.25) is 0 Å². The van der Waals surface area contributed by atoms with Gasteiger partial charge in [0.2, 0.25) is 5.91 Å². The summed E-state index contributed by atoms with van der Waals surface area (Å²) in [6.07, 6.45) is 4.76. The third-order valence-corrected chi connectivity index (χ3v) is 4.79. The van der Waals surface area contributed by atoms with Crippen molar-refractivity contribution < 1.29 is 9.53 Å². The number of thiazole rings is 1. The summed E-state index contributed by atoms with van der Waals surface area (Å²) in [6.45, 7) is 0.665. The molecule has 3 aromatic rings. The van der Waals surface area contributed by atoms with E-state index in [-0.39, 0.29) is 22.4 Å². The first-order chi connectivity index (χ1) is 12.0. The summed E-state index contributed by atoms with van der Waals surface area (Å²) in [7, 11) is 1.66. The Kier molecular flexibility index (Phi) is 4.77. The molecule has 0 unspecified atom stereocenters. The zero-order valence-electron chi connectivity index (χ0n) is 13.5. The number of anilines is 1. The number of rotatable bonds is 6. The van der Waals surface area contributed by atoms with E-state index >= 15 is 0 Å². The van der Waals surface area contributed by atoms with E-state index in [0.717, 1.165) is 17.7 Å². The fraction of sp³-hybridized carbons (Fsp3) is 0.250. The molecule has 0 radical (unpaired) electrons. The van der Waals surface area contributed by atoms with Crippen molar-refractivity contribution in [3.63, 3.8) is 0 Å². The SMILES string of the molecule is COCCCc1cnc(-c2c(N)c3ncc(C(N)=O)cc3[nH]c2=O)s1. The number of fused-ring (bicyclic) bond motifs is 1. The Hall–Kier alpha value is -2.78. The number of nitrogen functional groups attached to an aromatic ring is 1. The van der Waals surface area contributed by atoms with Crippen LogP contribution in [0.15, 0.2) is 23.3 Å². The Morgan fingerprint density at radius 3 is 2.88 bits per heavy atom. The van der Waals surface area contributed by atoms with Crippen LogP contribution in [0.3, 0.4) is 0 Å². The number of ether oxygens (including phenoxy) is 1. The summed E-state index contributed by atoms with van der Waals surface area (Å²) in [5.41, 5.74) is 12.5. The van der Waals surface area contributed by atoms with E-state index in [2.05, 4.69) is 15.0 Å². The fourth-order valence-corrected chi connectivity index (χ4v) is 3.49. The first-order valence-corrected chi connectivity index (χ1v) is 8.38. The number of hydrogen-bond donors (Lipinski definition) is 3. The molecule has 0 aliphatic heterocycles. The van der Waals surface area contributed by atoms with Crippen LogP contribution >= 0.6 is 11.3 Å². The highest BCUT2D eigenvalue weighted by molar-refractivity contribution is 7.15. The number of aryl methyl sites for hydroxylation is 1. The van der Waals surface area contributed by atoms with E-state index in [9.17, 15) is 9.59 Å². The van der Waals surface area contributed by atoms with Crippen LogP contribution in [0.5, 0.6) is 0 Å². The second-order valence-electron chi connectivity index (χ2n) is 5.46. The van der Waals surface area contributed by atoms with Crippen LogP contribution < -0.4 is 17.0 Å². The molecule has 3 heterocycles. The molecule has 0 aromatic carbocycles. The molecular formula is C16H17N5O3S. The lowest BCUT2D eigenvalue weighted by Gasteiger charge is -2.06. The summed E-state index contributed by atoms with van der Waals surface area (Å²) < 4.78 is 5.04. The number of amides is 1. The summed E-state index contributed by atoms with van der Waals surface area (Å²) in [5, 5.41) is 0.536. The number of carbonyl (C=O) groups excluding carboxylic acids is 1. The van der Waals surface area contributed by atoms with Crippen molar-refractivity contribution in [3.05, 3.63) is 39.3 Å². The molecule has 0 atom stereocenters. The minimum absolute atomic E-state index is 0.199. The summed E-state index contributed by atoms with van der Waals surface area (Å²) >= 11 is 1.41. The van der Waals surface area contributed by atoms with E-state index in [4.69, 9.17) is 16.2 Å². The third-order valence-electron chi connectivity index (χ3n) is 3.71. The van der Waals surface area contributed by atoms with Gasteiger partial charge in [0.1, 0.15) is 16.1 Å². The lowest BCUT2D eigenvalue weighted by Crippen LogP contribution is -2.15. The minimum atomic E-state index is -0.626.